The largest absolute Gasteiger partial charge is 0.415 e. The third-order valence-corrected chi connectivity index (χ3v) is 0.480. The molecule has 2 nitrogen and oxygen atoms in total. The summed E-state index contributed by atoms with van der Waals surface area (Å²) in [6, 6.07) is 0. The smallest absolute Gasteiger partial charge is 0.406 e. The molecular formula is C4H4ClFO2. The second-order valence-electron chi connectivity index (χ2n) is 0.942. The molecule has 0 rings (SSSR count). The zero-order chi connectivity index (χ0) is 6.57. The Morgan fingerprint density at radius 1 is 2.00 bits per heavy atom. The van der Waals surface area contributed by atoms with Crippen LogP contribution in [0.25, 0.3) is 0 Å². The molecule has 46 valence electrons. The number of carbonyl (C=O) groups is 1. The Bertz CT molecular complexity index is 104. The third kappa shape index (κ3) is 3.61. The molecule has 0 radical (unpaired) electrons. The third-order valence-electron chi connectivity index (χ3n) is 0.391. The van der Waals surface area contributed by atoms with Crippen molar-refractivity contribution in [2.75, 3.05) is 0 Å². The number of hydrogen-bond donors (Lipinski definition) is 0. The second-order valence-corrected chi connectivity index (χ2v) is 1.25. The van der Waals surface area contributed by atoms with Crippen LogP contribution in [0.1, 0.15) is 0 Å². The summed E-state index contributed by atoms with van der Waals surface area (Å²) >= 11 is 4.60. The quantitative estimate of drug-likeness (QED) is 0.430. The second kappa shape index (κ2) is 3.43. The molecule has 0 amide bonds. The van der Waals surface area contributed by atoms with Crippen LogP contribution in [0.15, 0.2) is 12.7 Å². The molecule has 8 heavy (non-hydrogen) atoms. The van der Waals surface area contributed by atoms with Gasteiger partial charge in [-0.05, 0) is 6.08 Å². The lowest BCUT2D eigenvalue weighted by Crippen LogP contribution is -2.03. The molecule has 0 aliphatic carbocycles. The van der Waals surface area contributed by atoms with Crippen molar-refractivity contribution >= 4 is 17.0 Å². The molecule has 0 aromatic heterocycles. The molecule has 0 fully saturated rings. The van der Waals surface area contributed by atoms with E-state index in [0.29, 0.717) is 0 Å². The number of carbonyl (C=O) groups excluding carboxylic acids is 1. The van der Waals surface area contributed by atoms with Gasteiger partial charge in [-0.2, -0.15) is 4.39 Å². The van der Waals surface area contributed by atoms with E-state index in [0.717, 1.165) is 6.08 Å². The van der Waals surface area contributed by atoms with Crippen molar-refractivity contribution in [3.05, 3.63) is 12.7 Å². The predicted molar refractivity (Wildman–Crippen MR) is 27.4 cm³/mol. The van der Waals surface area contributed by atoms with E-state index in [9.17, 15) is 9.18 Å². The van der Waals surface area contributed by atoms with Crippen LogP contribution in [0.4, 0.5) is 9.18 Å². The fourth-order valence-corrected chi connectivity index (χ4v) is 0.222. The van der Waals surface area contributed by atoms with Crippen LogP contribution < -0.4 is 0 Å². The van der Waals surface area contributed by atoms with Gasteiger partial charge in [-0.3, -0.25) is 0 Å². The van der Waals surface area contributed by atoms with Crippen molar-refractivity contribution in [1.29, 1.82) is 0 Å². The zero-order valence-corrected chi connectivity index (χ0v) is 4.69. The van der Waals surface area contributed by atoms with Crippen LogP contribution in [-0.4, -0.2) is 11.8 Å². The van der Waals surface area contributed by atoms with Crippen LogP contribution in [0.3, 0.4) is 0 Å². The monoisotopic (exact) mass is 138 g/mol. The van der Waals surface area contributed by atoms with E-state index in [1.54, 1.807) is 0 Å². The average molecular weight is 139 g/mol. The van der Waals surface area contributed by atoms with Crippen LogP contribution in [-0.2, 0) is 4.74 Å². The highest BCUT2D eigenvalue weighted by molar-refractivity contribution is 6.61. The lowest BCUT2D eigenvalue weighted by atomic mass is 10.7. The molecule has 0 saturated heterocycles. The predicted octanol–water partition coefficient (Wildman–Crippen LogP) is 1.84. The lowest BCUT2D eigenvalue weighted by molar-refractivity contribution is 0.0656. The zero-order valence-electron chi connectivity index (χ0n) is 3.93. The highest BCUT2D eigenvalue weighted by atomic mass is 35.5. The number of halogens is 2. The molecule has 1 atom stereocenters. The first-order valence-electron chi connectivity index (χ1n) is 1.79. The number of ether oxygens (including phenoxy) is 1. The summed E-state index contributed by atoms with van der Waals surface area (Å²) in [5.41, 5.74) is -1.17. The molecule has 0 aliphatic rings. The van der Waals surface area contributed by atoms with Crippen molar-refractivity contribution in [1.82, 2.24) is 0 Å². The Balaban J connectivity index is 3.38. The van der Waals surface area contributed by atoms with E-state index in [-0.39, 0.29) is 0 Å². The van der Waals surface area contributed by atoms with Crippen LogP contribution in [0.5, 0.6) is 0 Å². The number of alkyl halides is 1. The molecular weight excluding hydrogens is 134 g/mol. The summed E-state index contributed by atoms with van der Waals surface area (Å²) in [6.45, 7) is 3.00. The number of hydrogen-bond acceptors (Lipinski definition) is 2. The van der Waals surface area contributed by atoms with Gasteiger partial charge in [-0.15, -0.1) is 0 Å². The molecule has 0 N–H and O–H groups in total. The highest BCUT2D eigenvalue weighted by Crippen LogP contribution is 1.97. The van der Waals surface area contributed by atoms with E-state index in [1.807, 2.05) is 0 Å². The van der Waals surface area contributed by atoms with Gasteiger partial charge in [0.2, 0.25) is 0 Å². The van der Waals surface area contributed by atoms with Gasteiger partial charge in [0, 0.05) is 11.6 Å². The summed E-state index contributed by atoms with van der Waals surface area (Å²) in [5, 5.41) is 0. The molecule has 1 unspecified atom stereocenters. The normalized spacial score (nSPS) is 12.2. The van der Waals surface area contributed by atoms with Gasteiger partial charge in [0.15, 0.2) is 0 Å². The highest BCUT2D eigenvalue weighted by Gasteiger charge is 2.03. The first kappa shape index (κ1) is 7.43. The first-order chi connectivity index (χ1) is 3.66. The summed E-state index contributed by atoms with van der Waals surface area (Å²) in [6.07, 6.45) is -0.972. The topological polar surface area (TPSA) is 26.3 Å². The molecule has 0 aliphatic heterocycles. The molecule has 0 aromatic rings. The Kier molecular flexibility index (Phi) is 3.19. The van der Waals surface area contributed by atoms with Crippen molar-refractivity contribution in [3.8, 4) is 0 Å². The van der Waals surface area contributed by atoms with Crippen LogP contribution in [0.2, 0.25) is 0 Å². The van der Waals surface area contributed by atoms with Crippen molar-refractivity contribution < 1.29 is 13.9 Å². The molecule has 0 spiro atoms. The van der Waals surface area contributed by atoms with E-state index in [1.165, 1.54) is 0 Å². The van der Waals surface area contributed by atoms with Crippen molar-refractivity contribution in [2.24, 2.45) is 0 Å². The maximum atomic E-state index is 11.7. The molecule has 0 heterocycles. The fourth-order valence-electron chi connectivity index (χ4n) is 0.137. The van der Waals surface area contributed by atoms with Crippen LogP contribution >= 0.6 is 11.6 Å². The summed E-state index contributed by atoms with van der Waals surface area (Å²) in [5.74, 6) is 0. The van der Waals surface area contributed by atoms with Gasteiger partial charge in [0.25, 0.3) is 6.36 Å². The van der Waals surface area contributed by atoms with Gasteiger partial charge in [0.1, 0.15) is 0 Å². The SMILES string of the molecule is C=CC(F)OC(=O)Cl. The van der Waals surface area contributed by atoms with E-state index < -0.39 is 11.8 Å². The minimum Gasteiger partial charge on any atom is -0.415 e. The van der Waals surface area contributed by atoms with E-state index >= 15 is 0 Å². The van der Waals surface area contributed by atoms with E-state index in [4.69, 9.17) is 0 Å². The van der Waals surface area contributed by atoms with Gasteiger partial charge in [0.05, 0.1) is 0 Å². The van der Waals surface area contributed by atoms with Crippen molar-refractivity contribution in [3.63, 3.8) is 0 Å². The minimum absolute atomic E-state index is 0.820. The van der Waals surface area contributed by atoms with Gasteiger partial charge >= 0.3 is 5.43 Å². The van der Waals surface area contributed by atoms with E-state index in [2.05, 4.69) is 22.9 Å². The maximum absolute atomic E-state index is 11.7. The molecule has 0 saturated carbocycles. The van der Waals surface area contributed by atoms with Gasteiger partial charge < -0.3 is 4.74 Å². The average Bonchev–Trinajstić information content (AvgIpc) is 1.65. The van der Waals surface area contributed by atoms with Crippen molar-refractivity contribution in [2.45, 2.75) is 6.36 Å². The number of rotatable bonds is 2. The lowest BCUT2D eigenvalue weighted by Gasteiger charge is -1.97. The summed E-state index contributed by atoms with van der Waals surface area (Å²) in [4.78, 5) is 9.67. The Morgan fingerprint density at radius 3 is 2.62 bits per heavy atom. The Morgan fingerprint density at radius 2 is 2.50 bits per heavy atom. The fraction of sp³-hybridized carbons (Fsp3) is 0.250. The maximum Gasteiger partial charge on any atom is 0.406 e. The molecule has 0 aromatic carbocycles. The Labute approximate surface area is 50.9 Å². The minimum atomic E-state index is -1.79. The Hall–Kier alpha value is -0.570. The standard InChI is InChI=1S/C4H4ClFO2/c1-2-3(6)8-4(5)7/h2-3H,1H2. The first-order valence-corrected chi connectivity index (χ1v) is 2.17. The molecule has 0 bridgehead atoms. The van der Waals surface area contributed by atoms with Crippen LogP contribution in [0, 0.1) is 0 Å². The molecule has 4 heteroatoms. The van der Waals surface area contributed by atoms with Gasteiger partial charge in [-0.25, -0.2) is 4.79 Å². The van der Waals surface area contributed by atoms with Gasteiger partial charge in [-0.1, -0.05) is 6.58 Å². The summed E-state index contributed by atoms with van der Waals surface area (Å²) in [7, 11) is 0. The summed E-state index contributed by atoms with van der Waals surface area (Å²) < 4.78 is 15.5.